The lowest BCUT2D eigenvalue weighted by Crippen LogP contribution is -2.45. The van der Waals surface area contributed by atoms with E-state index < -0.39 is 0 Å². The van der Waals surface area contributed by atoms with Gasteiger partial charge in [0.2, 0.25) is 0 Å². The third-order valence-corrected chi connectivity index (χ3v) is 4.29. The molecule has 1 N–H and O–H groups in total. The number of nitrogens with zero attached hydrogens (tertiary/aromatic N) is 1. The topological polar surface area (TPSA) is 15.3 Å². The van der Waals surface area contributed by atoms with Crippen molar-refractivity contribution in [2.24, 2.45) is 0 Å². The first kappa shape index (κ1) is 14.5. The summed E-state index contributed by atoms with van der Waals surface area (Å²) in [4.78, 5) is 2.58. The summed E-state index contributed by atoms with van der Waals surface area (Å²) >= 11 is 0. The standard InChI is InChI=1S/C17H28N2/c1-3-16(4-2)18-17-10-12-19(13-11-17)14-15-8-6-5-7-9-15/h5-9,16-18H,3-4,10-14H2,1-2H3. The van der Waals surface area contributed by atoms with Crippen molar-refractivity contribution in [1.82, 2.24) is 10.2 Å². The van der Waals surface area contributed by atoms with Gasteiger partial charge in [-0.1, -0.05) is 44.2 Å². The van der Waals surface area contributed by atoms with Crippen LogP contribution in [0.5, 0.6) is 0 Å². The maximum absolute atomic E-state index is 3.81. The van der Waals surface area contributed by atoms with Gasteiger partial charge < -0.3 is 5.32 Å². The average Bonchev–Trinajstić information content (AvgIpc) is 2.47. The maximum atomic E-state index is 3.81. The van der Waals surface area contributed by atoms with E-state index in [0.29, 0.717) is 6.04 Å². The third-order valence-electron chi connectivity index (χ3n) is 4.29. The summed E-state index contributed by atoms with van der Waals surface area (Å²) in [5.41, 5.74) is 1.44. The first-order valence-electron chi connectivity index (χ1n) is 7.84. The van der Waals surface area contributed by atoms with E-state index in [1.165, 1.54) is 44.3 Å². The molecule has 2 nitrogen and oxygen atoms in total. The Morgan fingerprint density at radius 2 is 1.74 bits per heavy atom. The minimum atomic E-state index is 0.714. The van der Waals surface area contributed by atoms with E-state index in [-0.39, 0.29) is 0 Å². The number of nitrogens with one attached hydrogen (secondary N) is 1. The minimum Gasteiger partial charge on any atom is -0.311 e. The smallest absolute Gasteiger partial charge is 0.0233 e. The highest BCUT2D eigenvalue weighted by Crippen LogP contribution is 2.15. The van der Waals surface area contributed by atoms with Crippen molar-refractivity contribution >= 4 is 0 Å². The molecule has 1 heterocycles. The second kappa shape index (κ2) is 7.66. The van der Waals surface area contributed by atoms with Gasteiger partial charge in [-0.15, -0.1) is 0 Å². The number of hydrogen-bond donors (Lipinski definition) is 1. The molecule has 0 spiro atoms. The summed E-state index contributed by atoms with van der Waals surface area (Å²) < 4.78 is 0. The molecule has 1 aliphatic heterocycles. The molecular formula is C17H28N2. The first-order valence-corrected chi connectivity index (χ1v) is 7.84. The zero-order chi connectivity index (χ0) is 13.5. The fraction of sp³-hybridized carbons (Fsp3) is 0.647. The highest BCUT2D eigenvalue weighted by Gasteiger charge is 2.20. The van der Waals surface area contributed by atoms with Crippen LogP contribution < -0.4 is 5.32 Å². The molecule has 19 heavy (non-hydrogen) atoms. The van der Waals surface area contributed by atoms with E-state index >= 15 is 0 Å². The zero-order valence-corrected chi connectivity index (χ0v) is 12.4. The normalized spacial score (nSPS) is 18.1. The van der Waals surface area contributed by atoms with Gasteiger partial charge in [0.25, 0.3) is 0 Å². The van der Waals surface area contributed by atoms with Gasteiger partial charge in [-0.05, 0) is 44.3 Å². The van der Waals surface area contributed by atoms with E-state index in [4.69, 9.17) is 0 Å². The summed E-state index contributed by atoms with van der Waals surface area (Å²) in [6.07, 6.45) is 5.09. The van der Waals surface area contributed by atoms with Crippen molar-refractivity contribution in [2.45, 2.75) is 58.2 Å². The number of hydrogen-bond acceptors (Lipinski definition) is 2. The van der Waals surface area contributed by atoms with Crippen LogP contribution in [0, 0.1) is 0 Å². The Labute approximate surface area is 118 Å². The molecule has 106 valence electrons. The third kappa shape index (κ3) is 4.63. The van der Waals surface area contributed by atoms with Crippen molar-refractivity contribution in [3.63, 3.8) is 0 Å². The van der Waals surface area contributed by atoms with Crippen LogP contribution in [0.1, 0.15) is 45.1 Å². The molecular weight excluding hydrogens is 232 g/mol. The fourth-order valence-corrected chi connectivity index (χ4v) is 2.96. The molecule has 0 aromatic heterocycles. The van der Waals surface area contributed by atoms with Crippen molar-refractivity contribution in [3.05, 3.63) is 35.9 Å². The quantitative estimate of drug-likeness (QED) is 0.843. The van der Waals surface area contributed by atoms with E-state index in [9.17, 15) is 0 Å². The molecule has 0 unspecified atom stereocenters. The van der Waals surface area contributed by atoms with Crippen LogP contribution in [0.2, 0.25) is 0 Å². The number of benzene rings is 1. The number of piperidine rings is 1. The van der Waals surface area contributed by atoms with Gasteiger partial charge in [0.15, 0.2) is 0 Å². The Morgan fingerprint density at radius 3 is 2.32 bits per heavy atom. The van der Waals surface area contributed by atoms with Gasteiger partial charge in [-0.3, -0.25) is 4.90 Å². The summed E-state index contributed by atoms with van der Waals surface area (Å²) in [6, 6.07) is 12.3. The van der Waals surface area contributed by atoms with Gasteiger partial charge in [0, 0.05) is 18.6 Å². The van der Waals surface area contributed by atoms with Crippen molar-refractivity contribution < 1.29 is 0 Å². The molecule has 0 amide bonds. The Morgan fingerprint density at radius 1 is 1.11 bits per heavy atom. The van der Waals surface area contributed by atoms with Gasteiger partial charge in [0.05, 0.1) is 0 Å². The van der Waals surface area contributed by atoms with Gasteiger partial charge in [-0.2, -0.15) is 0 Å². The molecule has 2 heteroatoms. The zero-order valence-electron chi connectivity index (χ0n) is 12.4. The van der Waals surface area contributed by atoms with E-state index in [2.05, 4.69) is 54.4 Å². The molecule has 1 aromatic carbocycles. The lowest BCUT2D eigenvalue weighted by atomic mass is 10.0. The molecule has 0 radical (unpaired) electrons. The molecule has 0 bridgehead atoms. The Balaban J connectivity index is 1.73. The monoisotopic (exact) mass is 260 g/mol. The largest absolute Gasteiger partial charge is 0.311 e. The van der Waals surface area contributed by atoms with Crippen molar-refractivity contribution in [2.75, 3.05) is 13.1 Å². The molecule has 0 saturated carbocycles. The highest BCUT2D eigenvalue weighted by molar-refractivity contribution is 5.14. The molecule has 2 rings (SSSR count). The van der Waals surface area contributed by atoms with Crippen LogP contribution in [0.3, 0.4) is 0 Å². The summed E-state index contributed by atoms with van der Waals surface area (Å²) in [5, 5.41) is 3.81. The van der Waals surface area contributed by atoms with Crippen LogP contribution in [0.4, 0.5) is 0 Å². The highest BCUT2D eigenvalue weighted by atomic mass is 15.1. The molecule has 1 aromatic rings. The number of likely N-dealkylation sites (tertiary alicyclic amines) is 1. The molecule has 1 saturated heterocycles. The molecule has 1 aliphatic rings. The maximum Gasteiger partial charge on any atom is 0.0233 e. The SMILES string of the molecule is CCC(CC)NC1CCN(Cc2ccccc2)CC1. The van der Waals surface area contributed by atoms with E-state index in [1.807, 2.05) is 0 Å². The summed E-state index contributed by atoms with van der Waals surface area (Å²) in [5.74, 6) is 0. The van der Waals surface area contributed by atoms with E-state index in [0.717, 1.165) is 12.6 Å². The van der Waals surface area contributed by atoms with Crippen molar-refractivity contribution in [3.8, 4) is 0 Å². The Kier molecular flexibility index (Phi) is 5.87. The van der Waals surface area contributed by atoms with Crippen LogP contribution in [0.15, 0.2) is 30.3 Å². The predicted octanol–water partition coefficient (Wildman–Crippen LogP) is 3.43. The summed E-state index contributed by atoms with van der Waals surface area (Å²) in [6.45, 7) is 8.13. The second-order valence-electron chi connectivity index (χ2n) is 5.72. The van der Waals surface area contributed by atoms with Gasteiger partial charge >= 0.3 is 0 Å². The summed E-state index contributed by atoms with van der Waals surface area (Å²) in [7, 11) is 0. The number of rotatable bonds is 6. The lowest BCUT2D eigenvalue weighted by molar-refractivity contribution is 0.182. The van der Waals surface area contributed by atoms with Gasteiger partial charge in [-0.25, -0.2) is 0 Å². The minimum absolute atomic E-state index is 0.714. The predicted molar refractivity (Wildman–Crippen MR) is 82.2 cm³/mol. The van der Waals surface area contributed by atoms with Crippen LogP contribution in [-0.2, 0) is 6.54 Å². The fourth-order valence-electron chi connectivity index (χ4n) is 2.96. The molecule has 0 atom stereocenters. The van der Waals surface area contributed by atoms with Gasteiger partial charge in [0.1, 0.15) is 0 Å². The first-order chi connectivity index (χ1) is 9.31. The Hall–Kier alpha value is -0.860. The second-order valence-corrected chi connectivity index (χ2v) is 5.72. The molecule has 0 aliphatic carbocycles. The van der Waals surface area contributed by atoms with E-state index in [1.54, 1.807) is 0 Å². The average molecular weight is 260 g/mol. The Bertz CT molecular complexity index is 338. The van der Waals surface area contributed by atoms with Crippen molar-refractivity contribution in [1.29, 1.82) is 0 Å². The molecule has 1 fully saturated rings. The lowest BCUT2D eigenvalue weighted by Gasteiger charge is -2.34. The van der Waals surface area contributed by atoms with Crippen LogP contribution in [-0.4, -0.2) is 30.1 Å². The van der Waals surface area contributed by atoms with Crippen LogP contribution >= 0.6 is 0 Å². The van der Waals surface area contributed by atoms with Crippen LogP contribution in [0.25, 0.3) is 0 Å².